The van der Waals surface area contributed by atoms with Gasteiger partial charge in [0.2, 0.25) is 5.91 Å². The molecule has 0 aromatic heterocycles. The molecule has 1 saturated heterocycles. The highest BCUT2D eigenvalue weighted by molar-refractivity contribution is 6.05. The molecule has 5 rings (SSSR count). The summed E-state index contributed by atoms with van der Waals surface area (Å²) in [6, 6.07) is 12.9. The molecule has 0 N–H and O–H groups in total. The van der Waals surface area contributed by atoms with Gasteiger partial charge < -0.3 is 9.80 Å². The molecular formula is C28H34N2O2. The number of amides is 1. The largest absolute Gasteiger partial charge is 0.312 e. The van der Waals surface area contributed by atoms with Crippen molar-refractivity contribution in [1.82, 2.24) is 4.90 Å². The smallest absolute Gasteiger partial charge is 0.231 e. The van der Waals surface area contributed by atoms with Crippen LogP contribution in [-0.4, -0.2) is 42.8 Å². The molecule has 0 spiro atoms. The van der Waals surface area contributed by atoms with Crippen molar-refractivity contribution in [2.75, 3.05) is 31.1 Å². The minimum atomic E-state index is 0.194. The zero-order valence-electron chi connectivity index (χ0n) is 19.2. The van der Waals surface area contributed by atoms with E-state index in [4.69, 9.17) is 0 Å². The quantitative estimate of drug-likeness (QED) is 0.596. The topological polar surface area (TPSA) is 40.6 Å². The van der Waals surface area contributed by atoms with E-state index in [1.165, 1.54) is 29.5 Å². The Kier molecular flexibility index (Phi) is 6.14. The highest BCUT2D eigenvalue weighted by Crippen LogP contribution is 2.38. The second-order valence-corrected chi connectivity index (χ2v) is 9.95. The fourth-order valence-corrected chi connectivity index (χ4v) is 5.77. The second-order valence-electron chi connectivity index (χ2n) is 9.95. The lowest BCUT2D eigenvalue weighted by molar-refractivity contribution is -0.117. The van der Waals surface area contributed by atoms with Crippen molar-refractivity contribution in [1.29, 1.82) is 0 Å². The van der Waals surface area contributed by atoms with Crippen molar-refractivity contribution in [3.05, 3.63) is 64.2 Å². The molecule has 0 atom stereocenters. The molecule has 0 radical (unpaired) electrons. The number of carbonyl (C=O) groups excluding carboxylic acids is 2. The van der Waals surface area contributed by atoms with Gasteiger partial charge >= 0.3 is 0 Å². The van der Waals surface area contributed by atoms with Crippen LogP contribution in [0.3, 0.4) is 0 Å². The highest BCUT2D eigenvalue weighted by Gasteiger charge is 2.33. The Labute approximate surface area is 191 Å². The molecule has 4 heteroatoms. The fraction of sp³-hybridized carbons (Fsp3) is 0.500. The van der Waals surface area contributed by atoms with Crippen molar-refractivity contribution >= 4 is 17.4 Å². The minimum Gasteiger partial charge on any atom is -0.312 e. The van der Waals surface area contributed by atoms with Gasteiger partial charge in [-0.1, -0.05) is 29.8 Å². The summed E-state index contributed by atoms with van der Waals surface area (Å²) in [6.07, 6.45) is 7.56. The summed E-state index contributed by atoms with van der Waals surface area (Å²) in [6.45, 7) is 6.40. The lowest BCUT2D eigenvalue weighted by Gasteiger charge is -2.32. The third-order valence-corrected chi connectivity index (χ3v) is 7.62. The number of hydrogen-bond acceptors (Lipinski definition) is 3. The van der Waals surface area contributed by atoms with Crippen LogP contribution in [0.4, 0.5) is 5.69 Å². The summed E-state index contributed by atoms with van der Waals surface area (Å²) < 4.78 is 0. The van der Waals surface area contributed by atoms with E-state index in [-0.39, 0.29) is 11.7 Å². The van der Waals surface area contributed by atoms with Crippen LogP contribution in [0.2, 0.25) is 0 Å². The van der Waals surface area contributed by atoms with Gasteiger partial charge in [-0.3, -0.25) is 9.59 Å². The predicted molar refractivity (Wildman–Crippen MR) is 128 cm³/mol. The number of carbonyl (C=O) groups is 2. The highest BCUT2D eigenvalue weighted by atomic mass is 16.2. The van der Waals surface area contributed by atoms with Crippen molar-refractivity contribution in [3.63, 3.8) is 0 Å². The SMILES string of the molecule is Cc1cccc(CCN2CCC(CCC(=O)c3cc4c5c(c3)CC(=O)N5CCC4)CC2)c1. The van der Waals surface area contributed by atoms with Crippen LogP contribution in [0.5, 0.6) is 0 Å². The zero-order valence-corrected chi connectivity index (χ0v) is 19.2. The Hall–Kier alpha value is -2.46. The average Bonchev–Trinajstić information content (AvgIpc) is 3.13. The third-order valence-electron chi connectivity index (χ3n) is 7.62. The molecule has 168 valence electrons. The molecular weight excluding hydrogens is 396 g/mol. The molecule has 2 aromatic rings. The van der Waals surface area contributed by atoms with Gasteiger partial charge in [0, 0.05) is 25.1 Å². The summed E-state index contributed by atoms with van der Waals surface area (Å²) in [5.74, 6) is 1.10. The van der Waals surface area contributed by atoms with Gasteiger partial charge in [0.25, 0.3) is 0 Å². The molecule has 1 amide bonds. The molecule has 2 aromatic carbocycles. The van der Waals surface area contributed by atoms with E-state index in [0.29, 0.717) is 18.8 Å². The molecule has 0 unspecified atom stereocenters. The van der Waals surface area contributed by atoms with Crippen molar-refractivity contribution < 1.29 is 9.59 Å². The number of anilines is 1. The van der Waals surface area contributed by atoms with E-state index in [0.717, 1.165) is 68.7 Å². The molecule has 1 fully saturated rings. The van der Waals surface area contributed by atoms with Crippen LogP contribution < -0.4 is 4.90 Å². The number of aryl methyl sites for hydroxylation is 2. The molecule has 3 heterocycles. The van der Waals surface area contributed by atoms with Crippen molar-refractivity contribution in [3.8, 4) is 0 Å². The fourth-order valence-electron chi connectivity index (χ4n) is 5.77. The normalized spacial score (nSPS) is 18.8. The number of rotatable bonds is 7. The number of likely N-dealkylation sites (tertiary alicyclic amines) is 1. The lowest BCUT2D eigenvalue weighted by Crippen LogP contribution is -2.35. The molecule has 0 bridgehead atoms. The Morgan fingerprint density at radius 2 is 1.88 bits per heavy atom. The molecule has 4 nitrogen and oxygen atoms in total. The monoisotopic (exact) mass is 430 g/mol. The predicted octanol–water partition coefficient (Wildman–Crippen LogP) is 4.75. The van der Waals surface area contributed by atoms with Gasteiger partial charge in [-0.25, -0.2) is 0 Å². The molecule has 3 aliphatic heterocycles. The number of hydrogen-bond donors (Lipinski definition) is 0. The summed E-state index contributed by atoms with van der Waals surface area (Å²) in [5, 5.41) is 0. The maximum absolute atomic E-state index is 13.0. The first-order valence-electron chi connectivity index (χ1n) is 12.3. The lowest BCUT2D eigenvalue weighted by atomic mass is 9.89. The second kappa shape index (κ2) is 9.19. The van der Waals surface area contributed by atoms with Gasteiger partial charge in [0.05, 0.1) is 12.1 Å². The van der Waals surface area contributed by atoms with Gasteiger partial charge in [-0.15, -0.1) is 0 Å². The third kappa shape index (κ3) is 4.52. The standard InChI is InChI=1S/C28H34N2O2/c1-20-4-2-5-22(16-20)11-15-29-13-9-21(10-14-29)7-8-26(31)24-17-23-6-3-12-30-27(32)19-25(18-24)28(23)30/h2,4-5,16-18,21H,3,6-15,19H2,1H3. The van der Waals surface area contributed by atoms with Gasteiger partial charge in [0.1, 0.15) is 0 Å². The van der Waals surface area contributed by atoms with Crippen molar-refractivity contribution in [2.24, 2.45) is 5.92 Å². The van der Waals surface area contributed by atoms with Gasteiger partial charge in [-0.05, 0) is 93.3 Å². The summed E-state index contributed by atoms with van der Waals surface area (Å²) >= 11 is 0. The van der Waals surface area contributed by atoms with E-state index in [1.54, 1.807) is 0 Å². The first kappa shape index (κ1) is 21.4. The maximum atomic E-state index is 13.0. The average molecular weight is 431 g/mol. The summed E-state index contributed by atoms with van der Waals surface area (Å²) in [7, 11) is 0. The number of nitrogens with zero attached hydrogens (tertiary/aromatic N) is 2. The van der Waals surface area contributed by atoms with E-state index >= 15 is 0 Å². The van der Waals surface area contributed by atoms with E-state index in [2.05, 4.69) is 42.2 Å². The first-order valence-corrected chi connectivity index (χ1v) is 12.3. The Morgan fingerprint density at radius 3 is 2.69 bits per heavy atom. The molecule has 0 saturated carbocycles. The Morgan fingerprint density at radius 1 is 1.06 bits per heavy atom. The number of Topliss-reactive ketones (excluding diaryl/α,β-unsaturated/α-hetero) is 1. The van der Waals surface area contributed by atoms with Crippen LogP contribution in [0.15, 0.2) is 36.4 Å². The van der Waals surface area contributed by atoms with Crippen LogP contribution in [0.1, 0.15) is 64.7 Å². The number of ketones is 1. The van der Waals surface area contributed by atoms with E-state index < -0.39 is 0 Å². The number of piperidine rings is 1. The van der Waals surface area contributed by atoms with E-state index in [1.807, 2.05) is 11.0 Å². The van der Waals surface area contributed by atoms with Crippen LogP contribution in [-0.2, 0) is 24.1 Å². The van der Waals surface area contributed by atoms with Crippen molar-refractivity contribution in [2.45, 2.75) is 58.3 Å². The minimum absolute atomic E-state index is 0.194. The van der Waals surface area contributed by atoms with Gasteiger partial charge in [-0.2, -0.15) is 0 Å². The van der Waals surface area contributed by atoms with Gasteiger partial charge in [0.15, 0.2) is 5.78 Å². The molecule has 0 aliphatic carbocycles. The number of benzene rings is 2. The Bertz CT molecular complexity index is 1020. The summed E-state index contributed by atoms with van der Waals surface area (Å²) in [4.78, 5) is 29.7. The van der Waals surface area contributed by atoms with Crippen LogP contribution >= 0.6 is 0 Å². The summed E-state index contributed by atoms with van der Waals surface area (Å²) in [5.41, 5.74) is 6.96. The van der Waals surface area contributed by atoms with Crippen LogP contribution in [0, 0.1) is 12.8 Å². The van der Waals surface area contributed by atoms with Crippen LogP contribution in [0.25, 0.3) is 0 Å². The first-order chi connectivity index (χ1) is 15.6. The zero-order chi connectivity index (χ0) is 22.1. The molecule has 32 heavy (non-hydrogen) atoms. The maximum Gasteiger partial charge on any atom is 0.231 e. The van der Waals surface area contributed by atoms with E-state index in [9.17, 15) is 9.59 Å². The Balaban J connectivity index is 1.10. The molecule has 3 aliphatic rings.